The van der Waals surface area contributed by atoms with Gasteiger partial charge in [0.05, 0.1) is 11.8 Å². The number of hydrogen-bond donors (Lipinski definition) is 0. The lowest BCUT2D eigenvalue weighted by Crippen LogP contribution is -2.19. The van der Waals surface area contributed by atoms with Gasteiger partial charge in [-0.1, -0.05) is 6.58 Å². The molecule has 1 atom stereocenters. The maximum atomic E-state index is 9.85. The number of rotatable bonds is 2. The predicted octanol–water partition coefficient (Wildman–Crippen LogP) is 1.41. The van der Waals surface area contributed by atoms with E-state index < -0.39 is 0 Å². The molecule has 1 unspecified atom stereocenters. The van der Waals surface area contributed by atoms with Gasteiger partial charge < -0.3 is 4.74 Å². The highest BCUT2D eigenvalue weighted by molar-refractivity contribution is 5.37. The average Bonchev–Trinajstić information content (AvgIpc) is 2.07. The molecule has 1 aliphatic rings. The van der Waals surface area contributed by atoms with Crippen molar-refractivity contribution in [3.8, 4) is 0 Å². The zero-order chi connectivity index (χ0) is 8.10. The third kappa shape index (κ3) is 2.30. The van der Waals surface area contributed by atoms with Gasteiger partial charge in [0, 0.05) is 6.61 Å². The number of isocyanates is 1. The smallest absolute Gasteiger partial charge is 0.240 e. The highest BCUT2D eigenvalue weighted by Crippen LogP contribution is 2.18. The molecule has 1 fully saturated rings. The van der Waals surface area contributed by atoms with Crippen LogP contribution in [0.1, 0.15) is 19.3 Å². The summed E-state index contributed by atoms with van der Waals surface area (Å²) in [6, 6.07) is 0. The number of aliphatic imine (C=N–C) groups is 1. The maximum absolute atomic E-state index is 9.85. The van der Waals surface area contributed by atoms with Gasteiger partial charge in [0.15, 0.2) is 0 Å². The SMILES string of the molecule is C=C(N=C=O)C1CCCCO1. The minimum Gasteiger partial charge on any atom is -0.372 e. The van der Waals surface area contributed by atoms with E-state index in [0.717, 1.165) is 25.9 Å². The van der Waals surface area contributed by atoms with Crippen LogP contribution in [0.2, 0.25) is 0 Å². The largest absolute Gasteiger partial charge is 0.372 e. The molecular weight excluding hydrogens is 142 g/mol. The van der Waals surface area contributed by atoms with Crippen LogP contribution in [0.5, 0.6) is 0 Å². The molecule has 0 amide bonds. The molecule has 0 saturated carbocycles. The van der Waals surface area contributed by atoms with Crippen LogP contribution in [-0.4, -0.2) is 18.8 Å². The molecule has 0 spiro atoms. The Balaban J connectivity index is 2.44. The number of hydrogen-bond acceptors (Lipinski definition) is 3. The Morgan fingerprint density at radius 2 is 2.45 bits per heavy atom. The Morgan fingerprint density at radius 1 is 1.64 bits per heavy atom. The Kier molecular flexibility index (Phi) is 3.02. The molecule has 3 nitrogen and oxygen atoms in total. The van der Waals surface area contributed by atoms with E-state index in [1.54, 1.807) is 0 Å². The summed E-state index contributed by atoms with van der Waals surface area (Å²) in [5.74, 6) is 0. The molecule has 0 bridgehead atoms. The molecule has 0 radical (unpaired) electrons. The molecule has 1 rings (SSSR count). The molecule has 1 saturated heterocycles. The average molecular weight is 153 g/mol. The van der Waals surface area contributed by atoms with E-state index in [9.17, 15) is 4.79 Å². The van der Waals surface area contributed by atoms with Crippen LogP contribution in [0, 0.1) is 0 Å². The third-order valence-corrected chi connectivity index (χ3v) is 1.74. The van der Waals surface area contributed by atoms with Gasteiger partial charge in [0.25, 0.3) is 0 Å². The quantitative estimate of drug-likeness (QED) is 0.444. The first kappa shape index (κ1) is 8.18. The van der Waals surface area contributed by atoms with E-state index >= 15 is 0 Å². The van der Waals surface area contributed by atoms with Crippen LogP contribution in [0.25, 0.3) is 0 Å². The Bertz CT molecular complexity index is 188. The van der Waals surface area contributed by atoms with E-state index in [4.69, 9.17) is 4.74 Å². The highest BCUT2D eigenvalue weighted by Gasteiger charge is 2.16. The van der Waals surface area contributed by atoms with Crippen molar-refractivity contribution in [1.82, 2.24) is 0 Å². The van der Waals surface area contributed by atoms with Gasteiger partial charge in [-0.25, -0.2) is 4.79 Å². The van der Waals surface area contributed by atoms with E-state index in [1.165, 1.54) is 6.08 Å². The summed E-state index contributed by atoms with van der Waals surface area (Å²) in [5.41, 5.74) is 0.500. The molecule has 1 aliphatic heterocycles. The monoisotopic (exact) mass is 153 g/mol. The van der Waals surface area contributed by atoms with Gasteiger partial charge in [-0.2, -0.15) is 4.99 Å². The van der Waals surface area contributed by atoms with Gasteiger partial charge in [-0.3, -0.25) is 0 Å². The molecule has 0 aromatic heterocycles. The first-order valence-electron chi connectivity index (χ1n) is 3.73. The van der Waals surface area contributed by atoms with E-state index in [2.05, 4.69) is 11.6 Å². The summed E-state index contributed by atoms with van der Waals surface area (Å²) in [6.07, 6.45) is 4.55. The van der Waals surface area contributed by atoms with Crippen LogP contribution in [0.4, 0.5) is 0 Å². The molecule has 0 N–H and O–H groups in total. The van der Waals surface area contributed by atoms with Crippen LogP contribution in [0.15, 0.2) is 17.3 Å². The summed E-state index contributed by atoms with van der Waals surface area (Å²) in [7, 11) is 0. The molecule has 3 heteroatoms. The zero-order valence-corrected chi connectivity index (χ0v) is 6.38. The molecule has 11 heavy (non-hydrogen) atoms. The van der Waals surface area contributed by atoms with Crippen molar-refractivity contribution in [1.29, 1.82) is 0 Å². The van der Waals surface area contributed by atoms with E-state index in [-0.39, 0.29) is 6.10 Å². The van der Waals surface area contributed by atoms with Crippen LogP contribution >= 0.6 is 0 Å². The Morgan fingerprint density at radius 3 is 3.00 bits per heavy atom. The third-order valence-electron chi connectivity index (χ3n) is 1.74. The van der Waals surface area contributed by atoms with Gasteiger partial charge in [0.2, 0.25) is 6.08 Å². The number of ether oxygens (including phenoxy) is 1. The highest BCUT2D eigenvalue weighted by atomic mass is 16.5. The van der Waals surface area contributed by atoms with Gasteiger partial charge >= 0.3 is 0 Å². The minimum absolute atomic E-state index is 0.0507. The van der Waals surface area contributed by atoms with E-state index in [1.807, 2.05) is 0 Å². The summed E-state index contributed by atoms with van der Waals surface area (Å²) in [6.45, 7) is 4.36. The first-order valence-corrected chi connectivity index (χ1v) is 3.73. The normalized spacial score (nSPS) is 23.8. The zero-order valence-electron chi connectivity index (χ0n) is 6.38. The van der Waals surface area contributed by atoms with Gasteiger partial charge in [-0.15, -0.1) is 0 Å². The van der Waals surface area contributed by atoms with Crippen molar-refractivity contribution in [2.75, 3.05) is 6.61 Å². The number of nitrogens with zero attached hydrogens (tertiary/aromatic N) is 1. The van der Waals surface area contributed by atoms with Crippen LogP contribution < -0.4 is 0 Å². The predicted molar refractivity (Wildman–Crippen MR) is 40.9 cm³/mol. The van der Waals surface area contributed by atoms with Crippen molar-refractivity contribution < 1.29 is 9.53 Å². The molecule has 0 aliphatic carbocycles. The topological polar surface area (TPSA) is 38.7 Å². The molecule has 1 heterocycles. The van der Waals surface area contributed by atoms with Crippen molar-refractivity contribution in [3.63, 3.8) is 0 Å². The second-order valence-corrected chi connectivity index (χ2v) is 2.55. The molecular formula is C8H11NO2. The summed E-state index contributed by atoms with van der Waals surface area (Å²) < 4.78 is 5.32. The van der Waals surface area contributed by atoms with Crippen molar-refractivity contribution in [3.05, 3.63) is 12.3 Å². The van der Waals surface area contributed by atoms with Crippen molar-refractivity contribution in [2.45, 2.75) is 25.4 Å². The second kappa shape index (κ2) is 4.06. The van der Waals surface area contributed by atoms with Crippen molar-refractivity contribution >= 4 is 6.08 Å². The lowest BCUT2D eigenvalue weighted by molar-refractivity contribution is 0.0389. The molecule has 0 aromatic rings. The standard InChI is InChI=1S/C8H11NO2/c1-7(9-6-10)8-4-2-3-5-11-8/h8H,1-5H2. The fourth-order valence-corrected chi connectivity index (χ4v) is 1.13. The first-order chi connectivity index (χ1) is 5.34. The number of carbonyl (C=O) groups excluding carboxylic acids is 1. The van der Waals surface area contributed by atoms with Gasteiger partial charge in [0.1, 0.15) is 0 Å². The Hall–Kier alpha value is -0.920. The minimum atomic E-state index is -0.0507. The summed E-state index contributed by atoms with van der Waals surface area (Å²) >= 11 is 0. The maximum Gasteiger partial charge on any atom is 0.240 e. The lowest BCUT2D eigenvalue weighted by Gasteiger charge is -2.21. The second-order valence-electron chi connectivity index (χ2n) is 2.55. The fraction of sp³-hybridized carbons (Fsp3) is 0.625. The lowest BCUT2D eigenvalue weighted by atomic mass is 10.1. The Labute approximate surface area is 65.8 Å². The van der Waals surface area contributed by atoms with Crippen molar-refractivity contribution in [2.24, 2.45) is 4.99 Å². The summed E-state index contributed by atoms with van der Waals surface area (Å²) in [5, 5.41) is 0. The van der Waals surface area contributed by atoms with Crippen LogP contribution in [0.3, 0.4) is 0 Å². The fourth-order valence-electron chi connectivity index (χ4n) is 1.13. The molecule has 0 aromatic carbocycles. The molecule has 60 valence electrons. The van der Waals surface area contributed by atoms with Gasteiger partial charge in [-0.05, 0) is 19.3 Å². The van der Waals surface area contributed by atoms with E-state index in [0.29, 0.717) is 5.70 Å². The van der Waals surface area contributed by atoms with Crippen LogP contribution in [-0.2, 0) is 9.53 Å². The summed E-state index contributed by atoms with van der Waals surface area (Å²) in [4.78, 5) is 13.3.